The van der Waals surface area contributed by atoms with Gasteiger partial charge in [-0.05, 0) is 74.8 Å². The van der Waals surface area contributed by atoms with Crippen LogP contribution in [0.2, 0.25) is 0 Å². The van der Waals surface area contributed by atoms with E-state index in [-0.39, 0.29) is 55.9 Å². The Hall–Kier alpha value is -3.94. The average molecular weight is 796 g/mol. The van der Waals surface area contributed by atoms with Crippen molar-refractivity contribution in [1.29, 1.82) is 0 Å². The number of methoxy groups -OCH3 is 2. The minimum atomic E-state index is -3.82. The highest BCUT2D eigenvalue weighted by molar-refractivity contribution is 7.90. The average Bonchev–Trinajstić information content (AvgIpc) is 4.10. The van der Waals surface area contributed by atoms with E-state index in [4.69, 9.17) is 18.9 Å². The molecular formula is C42H57N3O10S. The number of hydrogen-bond acceptors (Lipinski definition) is 11. The quantitative estimate of drug-likeness (QED) is 0.362. The third kappa shape index (κ3) is 8.95. The molecule has 2 saturated heterocycles. The first-order valence-electron chi connectivity index (χ1n) is 20.7. The number of nitrogens with one attached hydrogen (secondary N) is 1. The van der Waals surface area contributed by atoms with Crippen molar-refractivity contribution in [3.63, 3.8) is 0 Å². The lowest BCUT2D eigenvalue weighted by atomic mass is 9.90. The smallest absolute Gasteiger partial charge is 0.306 e. The second-order valence-electron chi connectivity index (χ2n) is 17.0. The second kappa shape index (κ2) is 16.9. The van der Waals surface area contributed by atoms with Crippen LogP contribution >= 0.6 is 0 Å². The zero-order chi connectivity index (χ0) is 39.6. The Kier molecular flexibility index (Phi) is 12.1. The molecule has 7 rings (SSSR count). The van der Waals surface area contributed by atoms with Crippen molar-refractivity contribution in [3.8, 4) is 17.4 Å². The van der Waals surface area contributed by atoms with Gasteiger partial charge in [-0.2, -0.15) is 0 Å². The maximum atomic E-state index is 14.7. The van der Waals surface area contributed by atoms with Gasteiger partial charge in [-0.3, -0.25) is 23.9 Å². The largest absolute Gasteiger partial charge is 0.496 e. The van der Waals surface area contributed by atoms with Gasteiger partial charge in [0.05, 0.1) is 56.0 Å². The predicted molar refractivity (Wildman–Crippen MR) is 208 cm³/mol. The van der Waals surface area contributed by atoms with Gasteiger partial charge >= 0.3 is 5.97 Å². The van der Waals surface area contributed by atoms with E-state index in [0.29, 0.717) is 48.6 Å². The summed E-state index contributed by atoms with van der Waals surface area (Å²) in [5, 5.41) is 0.175. The van der Waals surface area contributed by atoms with Gasteiger partial charge in [0.1, 0.15) is 17.6 Å². The molecule has 2 saturated carbocycles. The van der Waals surface area contributed by atoms with Crippen molar-refractivity contribution in [1.82, 2.24) is 14.6 Å². The summed E-state index contributed by atoms with van der Waals surface area (Å²) in [7, 11) is -0.667. The number of nitrogens with zero attached hydrogens (tertiary/aromatic N) is 2. The van der Waals surface area contributed by atoms with Crippen LogP contribution in [-0.4, -0.2) is 86.6 Å². The number of esters is 1. The van der Waals surface area contributed by atoms with Crippen LogP contribution < -0.4 is 18.9 Å². The summed E-state index contributed by atoms with van der Waals surface area (Å²) in [6, 6.07) is 4.69. The minimum Gasteiger partial charge on any atom is -0.496 e. The lowest BCUT2D eigenvalue weighted by Crippen LogP contribution is -2.46. The summed E-state index contributed by atoms with van der Waals surface area (Å²) in [4.78, 5) is 62.8. The lowest BCUT2D eigenvalue weighted by Gasteiger charge is -2.29. The molecule has 1 N–H and O–H groups in total. The molecule has 1 aromatic heterocycles. The highest BCUT2D eigenvalue weighted by atomic mass is 32.2. The molecule has 56 heavy (non-hydrogen) atoms. The molecule has 0 unspecified atom stereocenters. The third-order valence-corrected chi connectivity index (χ3v) is 14.6. The number of carbonyl (C=O) groups is 4. The fourth-order valence-electron chi connectivity index (χ4n) is 9.14. The van der Waals surface area contributed by atoms with Crippen molar-refractivity contribution in [2.75, 3.05) is 27.4 Å². The Morgan fingerprint density at radius 3 is 2.45 bits per heavy atom. The maximum Gasteiger partial charge on any atom is 0.306 e. The SMILES string of the molecule is COc1cc2c3cc(c(OC)cc3n1)CCCC[C@@H](C)COC(=O)C[C@H]1CCCCCCC[C@H]3C[C@@]3(C(=O)NS(=O)(=O)C3CC3)CC(=O)[C@@H]3C[C@H](CN3C1=O)O2. The predicted octanol–water partition coefficient (Wildman–Crippen LogP) is 5.83. The number of hydrogen-bond donors (Lipinski definition) is 1. The van der Waals surface area contributed by atoms with Gasteiger partial charge in [0, 0.05) is 36.3 Å². The first-order chi connectivity index (χ1) is 26.9. The molecule has 2 aliphatic carbocycles. The van der Waals surface area contributed by atoms with Gasteiger partial charge in [0.15, 0.2) is 5.78 Å². The summed E-state index contributed by atoms with van der Waals surface area (Å²) in [6.45, 7) is 2.41. The van der Waals surface area contributed by atoms with Crippen LogP contribution in [0.4, 0.5) is 0 Å². The van der Waals surface area contributed by atoms with Gasteiger partial charge in [0.2, 0.25) is 27.7 Å². The van der Waals surface area contributed by atoms with Crippen molar-refractivity contribution in [3.05, 3.63) is 23.8 Å². The maximum absolute atomic E-state index is 14.7. The van der Waals surface area contributed by atoms with E-state index in [2.05, 4.69) is 16.6 Å². The molecule has 3 aliphatic heterocycles. The summed E-state index contributed by atoms with van der Waals surface area (Å²) in [5.74, 6) is -0.792. The summed E-state index contributed by atoms with van der Waals surface area (Å²) < 4.78 is 52.0. The van der Waals surface area contributed by atoms with Gasteiger partial charge in [-0.1, -0.05) is 45.4 Å². The number of rotatable bonds is 5. The molecule has 4 heterocycles. The number of cyclic esters (lactones) is 1. The topological polar surface area (TPSA) is 167 Å². The number of aryl methyl sites for hydroxylation is 1. The molecule has 306 valence electrons. The number of amides is 2. The van der Waals surface area contributed by atoms with Crippen LogP contribution in [0.25, 0.3) is 10.9 Å². The zero-order valence-corrected chi connectivity index (χ0v) is 33.8. The highest BCUT2D eigenvalue weighted by Gasteiger charge is 2.62. The van der Waals surface area contributed by atoms with Crippen LogP contribution in [0.1, 0.15) is 115 Å². The molecule has 0 spiro atoms. The molecule has 5 bridgehead atoms. The Bertz CT molecular complexity index is 1930. The molecule has 14 heteroatoms. The third-order valence-electron chi connectivity index (χ3n) is 12.7. The van der Waals surface area contributed by atoms with E-state index in [9.17, 15) is 27.6 Å². The van der Waals surface area contributed by atoms with Gasteiger partial charge in [0.25, 0.3) is 0 Å². The number of carbonyl (C=O) groups excluding carboxylic acids is 4. The Morgan fingerprint density at radius 1 is 0.946 bits per heavy atom. The molecule has 6 atom stereocenters. The molecule has 4 fully saturated rings. The molecule has 5 aliphatic rings. The Morgan fingerprint density at radius 2 is 1.70 bits per heavy atom. The number of ether oxygens (including phenoxy) is 4. The van der Waals surface area contributed by atoms with Gasteiger partial charge in [-0.15, -0.1) is 0 Å². The molecule has 13 nitrogen and oxygen atoms in total. The van der Waals surface area contributed by atoms with E-state index in [0.717, 1.165) is 75.2 Å². The Balaban J connectivity index is 1.25. The fraction of sp³-hybridized carbons (Fsp3) is 0.690. The van der Waals surface area contributed by atoms with E-state index in [1.54, 1.807) is 18.1 Å². The van der Waals surface area contributed by atoms with Crippen LogP contribution in [-0.2, 0) is 40.4 Å². The second-order valence-corrected chi connectivity index (χ2v) is 18.9. The summed E-state index contributed by atoms with van der Waals surface area (Å²) in [5.41, 5.74) is 0.457. The van der Waals surface area contributed by atoms with Crippen molar-refractivity contribution in [2.24, 2.45) is 23.2 Å². The number of sulfonamides is 1. The normalized spacial score (nSPS) is 29.8. The van der Waals surface area contributed by atoms with E-state index in [1.165, 1.54) is 7.11 Å². The molecular weight excluding hydrogens is 739 g/mol. The molecule has 0 radical (unpaired) electrons. The molecule has 2 aromatic rings. The van der Waals surface area contributed by atoms with Crippen molar-refractivity contribution in [2.45, 2.75) is 133 Å². The molecule has 1 aromatic carbocycles. The number of aromatic nitrogens is 1. The minimum absolute atomic E-state index is 0.0876. The number of benzene rings is 1. The van der Waals surface area contributed by atoms with E-state index in [1.807, 2.05) is 12.1 Å². The van der Waals surface area contributed by atoms with E-state index >= 15 is 0 Å². The van der Waals surface area contributed by atoms with Crippen LogP contribution in [0.5, 0.6) is 17.4 Å². The summed E-state index contributed by atoms with van der Waals surface area (Å²) >= 11 is 0. The van der Waals surface area contributed by atoms with Gasteiger partial charge in [-0.25, -0.2) is 13.4 Å². The number of pyridine rings is 1. The fourth-order valence-corrected chi connectivity index (χ4v) is 10.5. The highest BCUT2D eigenvalue weighted by Crippen LogP contribution is 2.59. The van der Waals surface area contributed by atoms with Crippen LogP contribution in [0.3, 0.4) is 0 Å². The number of ketones is 1. The Labute approximate surface area is 330 Å². The monoisotopic (exact) mass is 795 g/mol. The standard InChI is InChI=1S/C42H57N3O10S/c1-26-11-9-10-12-27-17-32-33(20-36(27)52-2)43-38(53-3)21-37(32)55-30-19-34-35(46)23-42(41(49)44-56(50,51)31-15-16-31)22-29(42)14-8-6-4-5-7-13-28(18-39(47)54-25-26)40(48)45(34)24-30/h17,20-21,26,28-31,34H,4-16,18-19,22-25H2,1-3H3,(H,44,49)/t26-,28-,29+,30-,34+,42-/m1/s1. The number of Topliss-reactive ketones (excluding diaryl/α,β-unsaturated/α-hetero) is 1. The number of fused-ring (bicyclic) bond motifs is 4. The van der Waals surface area contributed by atoms with E-state index < -0.39 is 50.6 Å². The van der Waals surface area contributed by atoms with Crippen LogP contribution in [0, 0.1) is 23.2 Å². The van der Waals surface area contributed by atoms with Crippen LogP contribution in [0.15, 0.2) is 18.2 Å². The van der Waals surface area contributed by atoms with Crippen molar-refractivity contribution < 1.29 is 46.5 Å². The zero-order valence-electron chi connectivity index (χ0n) is 33.0. The first-order valence-corrected chi connectivity index (χ1v) is 22.2. The van der Waals surface area contributed by atoms with Crippen molar-refractivity contribution >= 4 is 44.5 Å². The van der Waals surface area contributed by atoms with Gasteiger partial charge < -0.3 is 23.8 Å². The first kappa shape index (κ1) is 40.3. The summed E-state index contributed by atoms with van der Waals surface area (Å²) in [6.07, 6.45) is 9.73. The molecule has 2 amide bonds. The lowest BCUT2D eigenvalue weighted by molar-refractivity contribution is -0.151.